The van der Waals surface area contributed by atoms with Crippen molar-refractivity contribution in [1.82, 2.24) is 0 Å². The van der Waals surface area contributed by atoms with E-state index in [1.807, 2.05) is 19.9 Å². The number of aryl methyl sites for hydroxylation is 1. The van der Waals surface area contributed by atoms with E-state index in [0.717, 1.165) is 10.4 Å². The molecule has 2 rings (SSSR count). The Morgan fingerprint density at radius 3 is 2.44 bits per heavy atom. The zero-order valence-electron chi connectivity index (χ0n) is 14.4. The highest BCUT2D eigenvalue weighted by atomic mass is 32.1. The number of hydrogen-bond donors (Lipinski definition) is 1. The van der Waals surface area contributed by atoms with Crippen LogP contribution in [0.3, 0.4) is 0 Å². The minimum absolute atomic E-state index is 0.365. The van der Waals surface area contributed by atoms with E-state index in [4.69, 9.17) is 14.7 Å². The number of carbonyl (C=O) groups excluding carboxylic acids is 2. The first-order chi connectivity index (χ1) is 11.9. The molecule has 0 bridgehead atoms. The summed E-state index contributed by atoms with van der Waals surface area (Å²) in [5.74, 6) is -0.387. The van der Waals surface area contributed by atoms with E-state index < -0.39 is 12.1 Å². The number of anilines is 1. The predicted molar refractivity (Wildman–Crippen MR) is 95.0 cm³/mol. The fraction of sp³-hybridized carbons (Fsp3) is 0.278. The van der Waals surface area contributed by atoms with Crippen LogP contribution in [0.25, 0.3) is 0 Å². The zero-order valence-corrected chi connectivity index (χ0v) is 15.2. The van der Waals surface area contributed by atoms with Crippen LogP contribution < -0.4 is 10.1 Å². The number of methoxy groups -OCH3 is 1. The summed E-state index contributed by atoms with van der Waals surface area (Å²) in [6, 6.07) is 8.49. The molecule has 1 unspecified atom stereocenters. The second-order valence-corrected chi connectivity index (χ2v) is 6.59. The normalized spacial score (nSPS) is 11.3. The van der Waals surface area contributed by atoms with E-state index in [2.05, 4.69) is 5.32 Å². The van der Waals surface area contributed by atoms with Crippen LogP contribution in [-0.2, 0) is 9.53 Å². The van der Waals surface area contributed by atoms with Gasteiger partial charge in [-0.15, -0.1) is 11.3 Å². The molecular weight excluding hydrogens is 340 g/mol. The van der Waals surface area contributed by atoms with Gasteiger partial charge in [0, 0.05) is 4.88 Å². The second-order valence-electron chi connectivity index (χ2n) is 5.36. The first-order valence-electron chi connectivity index (χ1n) is 7.53. The van der Waals surface area contributed by atoms with Gasteiger partial charge in [-0.25, -0.2) is 4.79 Å². The number of nitrogens with zero attached hydrogens (tertiary/aromatic N) is 1. The average molecular weight is 358 g/mol. The molecule has 0 aliphatic rings. The number of carbonyl (C=O) groups is 2. The third-order valence-corrected chi connectivity index (χ3v) is 4.80. The minimum atomic E-state index is -0.777. The number of nitriles is 1. The number of rotatable bonds is 5. The molecule has 1 amide bonds. The summed E-state index contributed by atoms with van der Waals surface area (Å²) in [6.45, 7) is 5.29. The molecule has 0 saturated heterocycles. The first kappa shape index (κ1) is 18.5. The summed E-state index contributed by atoms with van der Waals surface area (Å²) in [5.41, 5.74) is 1.66. The highest BCUT2D eigenvalue weighted by Gasteiger charge is 2.24. The molecule has 0 spiro atoms. The van der Waals surface area contributed by atoms with Gasteiger partial charge in [0.05, 0.1) is 24.3 Å². The third kappa shape index (κ3) is 4.17. The SMILES string of the molecule is COC(=O)c1c(NC(=O)C(C)Oc2ccc(C#N)cc2)sc(C)c1C. The van der Waals surface area contributed by atoms with Gasteiger partial charge < -0.3 is 14.8 Å². The standard InChI is InChI=1S/C18H18N2O4S/c1-10-12(3)25-17(15(10)18(22)23-4)20-16(21)11(2)24-14-7-5-13(9-19)6-8-14/h5-8,11H,1-4H3,(H,20,21). The molecule has 6 nitrogen and oxygen atoms in total. The highest BCUT2D eigenvalue weighted by Crippen LogP contribution is 2.33. The summed E-state index contributed by atoms with van der Waals surface area (Å²) in [6.07, 6.45) is -0.777. The summed E-state index contributed by atoms with van der Waals surface area (Å²) < 4.78 is 10.4. The Bertz CT molecular complexity index is 834. The van der Waals surface area contributed by atoms with Crippen molar-refractivity contribution in [2.24, 2.45) is 0 Å². The molecule has 2 aromatic rings. The fourth-order valence-electron chi connectivity index (χ4n) is 2.14. The lowest BCUT2D eigenvalue weighted by atomic mass is 10.1. The molecule has 1 atom stereocenters. The number of ether oxygens (including phenoxy) is 2. The van der Waals surface area contributed by atoms with Gasteiger partial charge in [-0.1, -0.05) is 0 Å². The number of nitrogens with one attached hydrogen (secondary N) is 1. The zero-order chi connectivity index (χ0) is 18.6. The molecule has 1 aromatic heterocycles. The van der Waals surface area contributed by atoms with Gasteiger partial charge in [-0.2, -0.15) is 5.26 Å². The molecule has 0 fully saturated rings. The largest absolute Gasteiger partial charge is 0.481 e. The Hall–Kier alpha value is -2.85. The minimum Gasteiger partial charge on any atom is -0.481 e. The maximum absolute atomic E-state index is 12.4. The lowest BCUT2D eigenvalue weighted by Gasteiger charge is -2.14. The van der Waals surface area contributed by atoms with E-state index in [1.165, 1.54) is 18.4 Å². The number of hydrogen-bond acceptors (Lipinski definition) is 6. The average Bonchev–Trinajstić information content (AvgIpc) is 2.88. The lowest BCUT2D eigenvalue weighted by Crippen LogP contribution is -2.30. The molecular formula is C18H18N2O4S. The Labute approximate surface area is 150 Å². The molecule has 1 heterocycles. The van der Waals surface area contributed by atoms with E-state index in [-0.39, 0.29) is 5.91 Å². The molecule has 0 radical (unpaired) electrons. The maximum atomic E-state index is 12.4. The van der Waals surface area contributed by atoms with Crippen molar-refractivity contribution >= 4 is 28.2 Å². The predicted octanol–water partition coefficient (Wildman–Crippen LogP) is 3.43. The van der Waals surface area contributed by atoms with Crippen LogP contribution in [-0.4, -0.2) is 25.1 Å². The van der Waals surface area contributed by atoms with Crippen LogP contribution in [0.15, 0.2) is 24.3 Å². The molecule has 130 valence electrons. The van der Waals surface area contributed by atoms with Crippen LogP contribution in [0.1, 0.15) is 33.3 Å². The number of esters is 1. The molecule has 0 aliphatic carbocycles. The molecule has 25 heavy (non-hydrogen) atoms. The van der Waals surface area contributed by atoms with Crippen LogP contribution in [0.4, 0.5) is 5.00 Å². The smallest absolute Gasteiger partial charge is 0.341 e. The van der Waals surface area contributed by atoms with E-state index >= 15 is 0 Å². The van der Waals surface area contributed by atoms with Crippen LogP contribution in [0.2, 0.25) is 0 Å². The Morgan fingerprint density at radius 2 is 1.88 bits per heavy atom. The van der Waals surface area contributed by atoms with Crippen LogP contribution >= 0.6 is 11.3 Å². The lowest BCUT2D eigenvalue weighted by molar-refractivity contribution is -0.122. The van der Waals surface area contributed by atoms with Crippen molar-refractivity contribution in [3.05, 3.63) is 45.8 Å². The van der Waals surface area contributed by atoms with Crippen molar-refractivity contribution in [3.63, 3.8) is 0 Å². The van der Waals surface area contributed by atoms with Crippen molar-refractivity contribution in [2.75, 3.05) is 12.4 Å². The monoisotopic (exact) mass is 358 g/mol. The fourth-order valence-corrected chi connectivity index (χ4v) is 3.19. The summed E-state index contributed by atoms with van der Waals surface area (Å²) >= 11 is 1.32. The number of amides is 1. The first-order valence-corrected chi connectivity index (χ1v) is 8.35. The molecule has 0 aliphatic heterocycles. The molecule has 1 aromatic carbocycles. The van der Waals surface area contributed by atoms with Gasteiger partial charge >= 0.3 is 5.97 Å². The molecule has 0 saturated carbocycles. The van der Waals surface area contributed by atoms with E-state index in [9.17, 15) is 9.59 Å². The van der Waals surface area contributed by atoms with Crippen molar-refractivity contribution in [3.8, 4) is 11.8 Å². The second kappa shape index (κ2) is 7.81. The molecule has 7 heteroatoms. The van der Waals surface area contributed by atoms with E-state index in [1.54, 1.807) is 31.2 Å². The summed E-state index contributed by atoms with van der Waals surface area (Å²) in [7, 11) is 1.30. The Kier molecular flexibility index (Phi) is 5.78. The van der Waals surface area contributed by atoms with Crippen molar-refractivity contribution in [2.45, 2.75) is 26.9 Å². The van der Waals surface area contributed by atoms with Gasteiger partial charge in [0.25, 0.3) is 5.91 Å². The Morgan fingerprint density at radius 1 is 1.24 bits per heavy atom. The molecule has 1 N–H and O–H groups in total. The number of benzene rings is 1. The number of thiophene rings is 1. The quantitative estimate of drug-likeness (QED) is 0.827. The summed E-state index contributed by atoms with van der Waals surface area (Å²) in [5, 5.41) is 12.0. The van der Waals surface area contributed by atoms with E-state index in [0.29, 0.717) is 21.9 Å². The third-order valence-electron chi connectivity index (χ3n) is 3.68. The van der Waals surface area contributed by atoms with Crippen LogP contribution in [0.5, 0.6) is 5.75 Å². The van der Waals surface area contributed by atoms with Gasteiger partial charge in [0.15, 0.2) is 6.10 Å². The maximum Gasteiger partial charge on any atom is 0.341 e. The van der Waals surface area contributed by atoms with Gasteiger partial charge in [-0.05, 0) is 50.6 Å². The highest BCUT2D eigenvalue weighted by molar-refractivity contribution is 7.16. The Balaban J connectivity index is 2.12. The van der Waals surface area contributed by atoms with Gasteiger partial charge in [0.1, 0.15) is 10.8 Å². The van der Waals surface area contributed by atoms with Gasteiger partial charge in [0.2, 0.25) is 0 Å². The van der Waals surface area contributed by atoms with Crippen molar-refractivity contribution < 1.29 is 19.1 Å². The summed E-state index contributed by atoms with van der Waals surface area (Å²) in [4.78, 5) is 25.3. The topological polar surface area (TPSA) is 88.4 Å². The van der Waals surface area contributed by atoms with Gasteiger partial charge in [-0.3, -0.25) is 4.79 Å². The van der Waals surface area contributed by atoms with Crippen LogP contribution in [0, 0.1) is 25.2 Å². The van der Waals surface area contributed by atoms with Crippen molar-refractivity contribution in [1.29, 1.82) is 5.26 Å².